The second-order valence-corrected chi connectivity index (χ2v) is 7.38. The van der Waals surface area contributed by atoms with Crippen LogP contribution in [0, 0.1) is 11.3 Å². The van der Waals surface area contributed by atoms with Crippen LogP contribution in [0.2, 0.25) is 0 Å². The number of benzene rings is 1. The zero-order valence-electron chi connectivity index (χ0n) is 10.7. The van der Waals surface area contributed by atoms with Gasteiger partial charge in [-0.15, -0.1) is 0 Å². The lowest BCUT2D eigenvalue weighted by Gasteiger charge is -2.08. The van der Waals surface area contributed by atoms with E-state index in [4.69, 9.17) is 5.14 Å². The molecule has 104 valence electrons. The van der Waals surface area contributed by atoms with E-state index in [0.717, 1.165) is 5.56 Å². The topological polar surface area (TPSA) is 80.4 Å². The van der Waals surface area contributed by atoms with Gasteiger partial charge in [-0.1, -0.05) is 25.0 Å². The lowest BCUT2D eigenvalue weighted by Crippen LogP contribution is -2.11. The van der Waals surface area contributed by atoms with Crippen molar-refractivity contribution in [3.8, 4) is 0 Å². The molecule has 3 N–H and O–H groups in total. The van der Waals surface area contributed by atoms with Crippen LogP contribution in [0.1, 0.15) is 37.2 Å². The summed E-state index contributed by atoms with van der Waals surface area (Å²) in [5.41, 5.74) is 1.41. The van der Waals surface area contributed by atoms with Crippen molar-refractivity contribution in [1.29, 1.82) is 0 Å². The molecule has 1 aromatic rings. The highest BCUT2D eigenvalue weighted by Gasteiger charge is 2.64. The largest absolute Gasteiger partial charge is 0.396 e. The number of hydrogen-bond acceptors (Lipinski definition) is 3. The van der Waals surface area contributed by atoms with Crippen LogP contribution in [0.15, 0.2) is 29.2 Å². The van der Waals surface area contributed by atoms with Crippen LogP contribution in [-0.4, -0.2) is 20.1 Å². The Bertz CT molecular complexity index is 573. The van der Waals surface area contributed by atoms with Crippen LogP contribution in [-0.2, 0) is 10.0 Å². The van der Waals surface area contributed by atoms with Crippen LogP contribution in [0.4, 0.5) is 0 Å². The predicted molar refractivity (Wildman–Crippen MR) is 72.0 cm³/mol. The molecule has 2 aliphatic carbocycles. The Morgan fingerprint density at radius 1 is 1.21 bits per heavy atom. The van der Waals surface area contributed by atoms with Gasteiger partial charge in [-0.2, -0.15) is 0 Å². The highest BCUT2D eigenvalue weighted by atomic mass is 32.2. The minimum absolute atomic E-state index is 0.151. The van der Waals surface area contributed by atoms with E-state index in [1.807, 2.05) is 12.1 Å². The number of primary sulfonamides is 1. The first-order valence-corrected chi connectivity index (χ1v) is 8.27. The zero-order chi connectivity index (χ0) is 13.7. The molecule has 3 rings (SSSR count). The molecule has 2 fully saturated rings. The smallest absolute Gasteiger partial charge is 0.238 e. The molecular formula is C14H19NO3S. The van der Waals surface area contributed by atoms with Crippen molar-refractivity contribution in [2.45, 2.75) is 36.5 Å². The Morgan fingerprint density at radius 2 is 1.79 bits per heavy atom. The molecular weight excluding hydrogens is 262 g/mol. The van der Waals surface area contributed by atoms with Gasteiger partial charge in [0.2, 0.25) is 10.0 Å². The molecule has 0 amide bonds. The summed E-state index contributed by atoms with van der Waals surface area (Å²) in [6, 6.07) is 6.83. The molecule has 2 atom stereocenters. The number of rotatable bonds is 3. The maximum atomic E-state index is 11.2. The van der Waals surface area contributed by atoms with E-state index in [-0.39, 0.29) is 16.9 Å². The minimum atomic E-state index is -3.62. The molecule has 0 aromatic heterocycles. The van der Waals surface area contributed by atoms with Crippen molar-refractivity contribution in [1.82, 2.24) is 0 Å². The molecule has 2 saturated carbocycles. The monoisotopic (exact) mass is 281 g/mol. The van der Waals surface area contributed by atoms with Crippen LogP contribution in [0.5, 0.6) is 0 Å². The third-order valence-corrected chi connectivity index (χ3v) is 5.88. The maximum Gasteiger partial charge on any atom is 0.238 e. The first-order chi connectivity index (χ1) is 8.99. The number of hydrogen-bond donors (Lipinski definition) is 2. The lowest BCUT2D eigenvalue weighted by molar-refractivity contribution is 0.249. The Kier molecular flexibility index (Phi) is 2.96. The molecule has 0 heterocycles. The van der Waals surface area contributed by atoms with Crippen molar-refractivity contribution in [3.05, 3.63) is 29.8 Å². The Morgan fingerprint density at radius 3 is 2.26 bits per heavy atom. The van der Waals surface area contributed by atoms with Gasteiger partial charge in [-0.3, -0.25) is 0 Å². The minimum Gasteiger partial charge on any atom is -0.396 e. The number of sulfonamides is 1. The molecule has 0 radical (unpaired) electrons. The van der Waals surface area contributed by atoms with Crippen molar-refractivity contribution in [2.24, 2.45) is 16.5 Å². The Labute approximate surface area is 113 Å². The molecule has 4 nitrogen and oxygen atoms in total. The molecule has 0 saturated heterocycles. The summed E-state index contributed by atoms with van der Waals surface area (Å²) < 4.78 is 22.5. The molecule has 1 aromatic carbocycles. The van der Waals surface area contributed by atoms with Gasteiger partial charge in [0.25, 0.3) is 0 Å². The second-order valence-electron chi connectivity index (χ2n) is 5.82. The third-order valence-electron chi connectivity index (χ3n) is 4.95. The van der Waals surface area contributed by atoms with Crippen LogP contribution < -0.4 is 5.14 Å². The van der Waals surface area contributed by atoms with E-state index in [9.17, 15) is 13.5 Å². The van der Waals surface area contributed by atoms with Gasteiger partial charge >= 0.3 is 0 Å². The van der Waals surface area contributed by atoms with E-state index < -0.39 is 10.0 Å². The fourth-order valence-corrected chi connectivity index (χ4v) is 4.52. The van der Waals surface area contributed by atoms with Gasteiger partial charge in [-0.05, 0) is 47.8 Å². The lowest BCUT2D eigenvalue weighted by atomic mass is 9.97. The highest BCUT2D eigenvalue weighted by Crippen LogP contribution is 2.72. The SMILES string of the molecule is NS(=O)(=O)c1ccc([C@H]2[C@H](CO)C23CCCC3)cc1. The molecule has 0 aliphatic heterocycles. The van der Waals surface area contributed by atoms with Gasteiger partial charge in [-0.25, -0.2) is 13.6 Å². The van der Waals surface area contributed by atoms with Crippen LogP contribution in [0.25, 0.3) is 0 Å². The maximum absolute atomic E-state index is 11.2. The third kappa shape index (κ3) is 2.00. The van der Waals surface area contributed by atoms with Gasteiger partial charge < -0.3 is 5.11 Å². The molecule has 0 bridgehead atoms. The average molecular weight is 281 g/mol. The Balaban J connectivity index is 1.88. The summed E-state index contributed by atoms with van der Waals surface area (Å²) in [5, 5.41) is 14.6. The fraction of sp³-hybridized carbons (Fsp3) is 0.571. The van der Waals surface area contributed by atoms with Crippen LogP contribution in [0.3, 0.4) is 0 Å². The molecule has 19 heavy (non-hydrogen) atoms. The second kappa shape index (κ2) is 4.30. The summed E-state index contributed by atoms with van der Waals surface area (Å²) in [4.78, 5) is 0.151. The van der Waals surface area contributed by atoms with Crippen molar-refractivity contribution >= 4 is 10.0 Å². The van der Waals surface area contributed by atoms with Crippen molar-refractivity contribution < 1.29 is 13.5 Å². The summed E-state index contributed by atoms with van der Waals surface area (Å²) in [6.45, 7) is 0.224. The first kappa shape index (κ1) is 13.1. The van der Waals surface area contributed by atoms with Gasteiger partial charge in [0.05, 0.1) is 4.90 Å². The van der Waals surface area contributed by atoms with E-state index in [0.29, 0.717) is 11.8 Å². The van der Waals surface area contributed by atoms with E-state index in [1.54, 1.807) is 12.1 Å². The highest BCUT2D eigenvalue weighted by molar-refractivity contribution is 7.89. The summed E-state index contributed by atoms with van der Waals surface area (Å²) in [7, 11) is -3.62. The number of nitrogens with two attached hydrogens (primary N) is 1. The van der Waals surface area contributed by atoms with Crippen molar-refractivity contribution in [3.63, 3.8) is 0 Å². The first-order valence-electron chi connectivity index (χ1n) is 6.73. The van der Waals surface area contributed by atoms with Gasteiger partial charge in [0, 0.05) is 6.61 Å². The quantitative estimate of drug-likeness (QED) is 0.883. The van der Waals surface area contributed by atoms with Gasteiger partial charge in [0.1, 0.15) is 0 Å². The summed E-state index contributed by atoms with van der Waals surface area (Å²) in [6.07, 6.45) is 4.84. The number of aliphatic hydroxyl groups is 1. The zero-order valence-corrected chi connectivity index (χ0v) is 11.6. The van der Waals surface area contributed by atoms with Crippen molar-refractivity contribution in [2.75, 3.05) is 6.61 Å². The standard InChI is InChI=1S/C14H19NO3S/c15-19(17,18)11-5-3-10(4-6-11)13-12(9-16)14(13)7-1-2-8-14/h3-6,12-13,16H,1-2,7-9H2,(H2,15,17,18)/t12-,13-/m0/s1. The summed E-state index contributed by atoms with van der Waals surface area (Å²) in [5.74, 6) is 0.727. The molecule has 1 spiro atoms. The van der Waals surface area contributed by atoms with Crippen LogP contribution >= 0.6 is 0 Å². The summed E-state index contributed by atoms with van der Waals surface area (Å²) >= 11 is 0. The van der Waals surface area contributed by atoms with E-state index in [1.165, 1.54) is 25.7 Å². The average Bonchev–Trinajstić information content (AvgIpc) is 2.72. The fourth-order valence-electron chi connectivity index (χ4n) is 4.01. The number of aliphatic hydroxyl groups excluding tert-OH is 1. The van der Waals surface area contributed by atoms with Gasteiger partial charge in [0.15, 0.2) is 0 Å². The predicted octanol–water partition coefficient (Wildman–Crippen LogP) is 1.60. The normalized spacial score (nSPS) is 28.7. The van der Waals surface area contributed by atoms with E-state index in [2.05, 4.69) is 0 Å². The molecule has 0 unspecified atom stereocenters. The van der Waals surface area contributed by atoms with E-state index >= 15 is 0 Å². The Hall–Kier alpha value is -0.910. The molecule has 5 heteroatoms. The molecule has 2 aliphatic rings.